The predicted molar refractivity (Wildman–Crippen MR) is 75.0 cm³/mol. The molecule has 1 aromatic heterocycles. The van der Waals surface area contributed by atoms with Crippen LogP contribution in [0.4, 0.5) is 0 Å². The molecule has 0 saturated carbocycles. The van der Waals surface area contributed by atoms with E-state index in [4.69, 9.17) is 5.73 Å². The third kappa shape index (κ3) is 2.69. The molecule has 2 rings (SSSR count). The van der Waals surface area contributed by atoms with E-state index < -0.39 is 0 Å². The van der Waals surface area contributed by atoms with Gasteiger partial charge in [-0.1, -0.05) is 35.7 Å². The third-order valence-corrected chi connectivity index (χ3v) is 3.44. The monoisotopic (exact) mass is 295 g/mol. The van der Waals surface area contributed by atoms with Gasteiger partial charge in [-0.05, 0) is 31.0 Å². The number of aromatic amines is 1. The molecule has 0 amide bonds. The Labute approximate surface area is 110 Å². The number of H-pyrrole nitrogens is 1. The van der Waals surface area contributed by atoms with Gasteiger partial charge in [0.2, 0.25) is 0 Å². The van der Waals surface area contributed by atoms with Crippen LogP contribution in [0.1, 0.15) is 43.6 Å². The molecule has 0 aliphatic carbocycles. The molecule has 2 aromatic rings. The number of halogens is 1. The first-order valence-electron chi connectivity index (χ1n) is 6.03. The average Bonchev–Trinajstić information content (AvgIpc) is 2.69. The van der Waals surface area contributed by atoms with Gasteiger partial charge in [0.15, 0.2) is 0 Å². The molecule has 0 spiro atoms. The van der Waals surface area contributed by atoms with E-state index in [9.17, 15) is 0 Å². The zero-order valence-corrected chi connectivity index (χ0v) is 11.8. The van der Waals surface area contributed by atoms with Crippen molar-refractivity contribution in [2.75, 3.05) is 0 Å². The number of hydrogen-bond acceptors (Lipinski definition) is 2. The average molecular weight is 296 g/mol. The van der Waals surface area contributed by atoms with Gasteiger partial charge in [-0.2, -0.15) is 0 Å². The number of aromatic nitrogens is 2. The summed E-state index contributed by atoms with van der Waals surface area (Å²) in [5.74, 6) is 0.898. The molecule has 0 radical (unpaired) electrons. The van der Waals surface area contributed by atoms with Gasteiger partial charge in [-0.25, -0.2) is 4.98 Å². The Bertz CT molecular complexity index is 519. The molecule has 3 nitrogen and oxygen atoms in total. The van der Waals surface area contributed by atoms with Gasteiger partial charge >= 0.3 is 0 Å². The number of rotatable bonds is 4. The van der Waals surface area contributed by atoms with Crippen molar-refractivity contribution in [3.63, 3.8) is 0 Å². The van der Waals surface area contributed by atoms with Crippen LogP contribution in [0, 0.1) is 6.92 Å². The standard InChI is InChI=1S/C13H18BrN3/c1-3-4-5-10(15)13-16-11-7-9(14)6-8(2)12(11)17-13/h6-7,10H,3-5,15H2,1-2H3,(H,16,17). The second-order valence-corrected chi connectivity index (χ2v) is 5.41. The van der Waals surface area contributed by atoms with E-state index >= 15 is 0 Å². The lowest BCUT2D eigenvalue weighted by atomic mass is 10.1. The number of nitrogens with one attached hydrogen (secondary N) is 1. The van der Waals surface area contributed by atoms with Crippen LogP contribution in [0.3, 0.4) is 0 Å². The number of hydrogen-bond donors (Lipinski definition) is 2. The number of aryl methyl sites for hydroxylation is 1. The predicted octanol–water partition coefficient (Wildman–Crippen LogP) is 3.82. The third-order valence-electron chi connectivity index (χ3n) is 2.98. The molecule has 0 bridgehead atoms. The minimum Gasteiger partial charge on any atom is -0.341 e. The van der Waals surface area contributed by atoms with Crippen molar-refractivity contribution in [2.45, 2.75) is 39.2 Å². The fourth-order valence-electron chi connectivity index (χ4n) is 2.00. The van der Waals surface area contributed by atoms with Crippen LogP contribution < -0.4 is 5.73 Å². The van der Waals surface area contributed by atoms with E-state index in [1.165, 1.54) is 12.0 Å². The van der Waals surface area contributed by atoms with E-state index in [0.717, 1.165) is 34.2 Å². The summed E-state index contributed by atoms with van der Waals surface area (Å²) in [6.45, 7) is 4.24. The van der Waals surface area contributed by atoms with Crippen LogP contribution in [0.25, 0.3) is 11.0 Å². The number of nitrogens with two attached hydrogens (primary N) is 1. The SMILES string of the molecule is CCCCC(N)c1nc2c(C)cc(Br)cc2[nH]1. The van der Waals surface area contributed by atoms with Gasteiger partial charge in [-0.15, -0.1) is 0 Å². The van der Waals surface area contributed by atoms with E-state index in [1.807, 2.05) is 6.07 Å². The molecule has 0 aliphatic rings. The van der Waals surface area contributed by atoms with Crippen molar-refractivity contribution in [3.05, 3.63) is 28.0 Å². The molecule has 4 heteroatoms. The number of fused-ring (bicyclic) bond motifs is 1. The minimum absolute atomic E-state index is 0.0144. The molecule has 1 atom stereocenters. The Morgan fingerprint density at radius 2 is 2.24 bits per heavy atom. The fourth-order valence-corrected chi connectivity index (χ4v) is 2.57. The van der Waals surface area contributed by atoms with E-state index in [-0.39, 0.29) is 6.04 Å². The number of benzene rings is 1. The van der Waals surface area contributed by atoms with E-state index in [2.05, 4.69) is 45.8 Å². The maximum atomic E-state index is 6.13. The molecule has 1 heterocycles. The first-order valence-corrected chi connectivity index (χ1v) is 6.82. The molecule has 1 aromatic carbocycles. The number of nitrogens with zero attached hydrogens (tertiary/aromatic N) is 1. The van der Waals surface area contributed by atoms with Crippen LogP contribution in [-0.4, -0.2) is 9.97 Å². The van der Waals surface area contributed by atoms with Crippen LogP contribution >= 0.6 is 15.9 Å². The Morgan fingerprint density at radius 3 is 2.94 bits per heavy atom. The maximum Gasteiger partial charge on any atom is 0.124 e. The smallest absolute Gasteiger partial charge is 0.124 e. The molecule has 0 aliphatic heterocycles. The molecular formula is C13H18BrN3. The molecule has 3 N–H and O–H groups in total. The molecule has 0 fully saturated rings. The molecule has 17 heavy (non-hydrogen) atoms. The summed E-state index contributed by atoms with van der Waals surface area (Å²) in [5.41, 5.74) is 9.37. The highest BCUT2D eigenvalue weighted by molar-refractivity contribution is 9.10. The van der Waals surface area contributed by atoms with Gasteiger partial charge in [0, 0.05) is 4.47 Å². The number of unbranched alkanes of at least 4 members (excludes halogenated alkanes) is 1. The summed E-state index contributed by atoms with van der Waals surface area (Å²) in [6, 6.07) is 4.14. The van der Waals surface area contributed by atoms with Gasteiger partial charge in [0.05, 0.1) is 17.1 Å². The molecule has 92 valence electrons. The molecular weight excluding hydrogens is 278 g/mol. The van der Waals surface area contributed by atoms with E-state index in [1.54, 1.807) is 0 Å². The summed E-state index contributed by atoms with van der Waals surface area (Å²) >= 11 is 3.49. The Morgan fingerprint density at radius 1 is 1.47 bits per heavy atom. The van der Waals surface area contributed by atoms with Crippen molar-refractivity contribution >= 4 is 27.0 Å². The minimum atomic E-state index is 0.0144. The summed E-state index contributed by atoms with van der Waals surface area (Å²) in [7, 11) is 0. The lowest BCUT2D eigenvalue weighted by molar-refractivity contribution is 0.581. The quantitative estimate of drug-likeness (QED) is 0.901. The lowest BCUT2D eigenvalue weighted by Crippen LogP contribution is -2.11. The Balaban J connectivity index is 2.34. The molecule has 1 unspecified atom stereocenters. The fraction of sp³-hybridized carbons (Fsp3) is 0.462. The summed E-state index contributed by atoms with van der Waals surface area (Å²) in [4.78, 5) is 7.92. The first kappa shape index (κ1) is 12.6. The highest BCUT2D eigenvalue weighted by Gasteiger charge is 2.12. The topological polar surface area (TPSA) is 54.7 Å². The van der Waals surface area contributed by atoms with Gasteiger partial charge in [0.1, 0.15) is 5.82 Å². The lowest BCUT2D eigenvalue weighted by Gasteiger charge is -2.06. The van der Waals surface area contributed by atoms with Crippen LogP contribution in [0.5, 0.6) is 0 Å². The molecule has 0 saturated heterocycles. The largest absolute Gasteiger partial charge is 0.341 e. The highest BCUT2D eigenvalue weighted by Crippen LogP contribution is 2.24. The van der Waals surface area contributed by atoms with Crippen LogP contribution in [0.2, 0.25) is 0 Å². The summed E-state index contributed by atoms with van der Waals surface area (Å²) in [5, 5.41) is 0. The normalized spacial score (nSPS) is 13.2. The van der Waals surface area contributed by atoms with Crippen molar-refractivity contribution in [1.29, 1.82) is 0 Å². The van der Waals surface area contributed by atoms with Crippen molar-refractivity contribution < 1.29 is 0 Å². The zero-order valence-electron chi connectivity index (χ0n) is 10.3. The van der Waals surface area contributed by atoms with Crippen LogP contribution in [-0.2, 0) is 0 Å². The zero-order chi connectivity index (χ0) is 12.4. The van der Waals surface area contributed by atoms with Crippen LogP contribution in [0.15, 0.2) is 16.6 Å². The van der Waals surface area contributed by atoms with E-state index in [0.29, 0.717) is 0 Å². The van der Waals surface area contributed by atoms with Crippen molar-refractivity contribution in [3.8, 4) is 0 Å². The number of imidazole rings is 1. The summed E-state index contributed by atoms with van der Waals surface area (Å²) < 4.78 is 1.07. The summed E-state index contributed by atoms with van der Waals surface area (Å²) in [6.07, 6.45) is 3.29. The first-order chi connectivity index (χ1) is 8.11. The Kier molecular flexibility index (Phi) is 3.84. The van der Waals surface area contributed by atoms with Crippen molar-refractivity contribution in [2.24, 2.45) is 5.73 Å². The second kappa shape index (κ2) is 5.19. The van der Waals surface area contributed by atoms with Gasteiger partial charge < -0.3 is 10.7 Å². The van der Waals surface area contributed by atoms with Gasteiger partial charge in [0.25, 0.3) is 0 Å². The Hall–Kier alpha value is -0.870. The van der Waals surface area contributed by atoms with Crippen molar-refractivity contribution in [1.82, 2.24) is 9.97 Å². The highest BCUT2D eigenvalue weighted by atomic mass is 79.9. The van der Waals surface area contributed by atoms with Gasteiger partial charge in [-0.3, -0.25) is 0 Å². The second-order valence-electron chi connectivity index (χ2n) is 4.49. The maximum absolute atomic E-state index is 6.13.